The number of amides is 1. The number of hydrogen-bond donors (Lipinski definition) is 0. The predicted octanol–water partition coefficient (Wildman–Crippen LogP) is 4.46. The Bertz CT molecular complexity index is 1050. The highest BCUT2D eigenvalue weighted by atomic mass is 16.5. The average Bonchev–Trinajstić information content (AvgIpc) is 3.31. The molecule has 136 valence electrons. The first-order valence-electron chi connectivity index (χ1n) is 8.85. The lowest BCUT2D eigenvalue weighted by Gasteiger charge is -2.16. The van der Waals surface area contributed by atoms with E-state index < -0.39 is 0 Å². The first-order chi connectivity index (χ1) is 13.2. The highest BCUT2D eigenvalue weighted by molar-refractivity contribution is 6.08. The van der Waals surface area contributed by atoms with E-state index in [1.54, 1.807) is 36.3 Å². The van der Waals surface area contributed by atoms with Gasteiger partial charge in [-0.1, -0.05) is 24.3 Å². The van der Waals surface area contributed by atoms with Crippen LogP contribution in [0.25, 0.3) is 17.0 Å². The van der Waals surface area contributed by atoms with Crippen molar-refractivity contribution in [3.05, 3.63) is 65.9 Å². The van der Waals surface area contributed by atoms with Gasteiger partial charge in [-0.15, -0.1) is 0 Å². The van der Waals surface area contributed by atoms with Crippen molar-refractivity contribution in [1.82, 2.24) is 0 Å². The van der Waals surface area contributed by atoms with Crippen molar-refractivity contribution in [3.8, 4) is 5.75 Å². The van der Waals surface area contributed by atoms with E-state index in [4.69, 9.17) is 9.15 Å². The third kappa shape index (κ3) is 3.36. The van der Waals surface area contributed by atoms with Crippen molar-refractivity contribution >= 4 is 34.4 Å². The second-order valence-electron chi connectivity index (χ2n) is 6.42. The molecule has 5 nitrogen and oxygen atoms in total. The van der Waals surface area contributed by atoms with E-state index in [2.05, 4.69) is 0 Å². The van der Waals surface area contributed by atoms with E-state index in [9.17, 15) is 9.59 Å². The number of carbonyl (C=O) groups excluding carboxylic acids is 2. The first-order valence-corrected chi connectivity index (χ1v) is 8.85. The number of ether oxygens (including phenoxy) is 1. The summed E-state index contributed by atoms with van der Waals surface area (Å²) in [5.74, 6) is 1.19. The molecule has 1 aliphatic heterocycles. The van der Waals surface area contributed by atoms with Gasteiger partial charge >= 0.3 is 0 Å². The number of ketones is 1. The molecule has 1 saturated heterocycles. The highest BCUT2D eigenvalue weighted by Gasteiger charge is 2.22. The molecular weight excluding hydrogens is 342 g/mol. The van der Waals surface area contributed by atoms with Crippen LogP contribution < -0.4 is 9.64 Å². The van der Waals surface area contributed by atoms with E-state index in [1.165, 1.54) is 6.08 Å². The minimum absolute atomic E-state index is 0.103. The predicted molar refractivity (Wildman–Crippen MR) is 104 cm³/mol. The van der Waals surface area contributed by atoms with Gasteiger partial charge in [0.1, 0.15) is 5.76 Å². The molecule has 0 bridgehead atoms. The van der Waals surface area contributed by atoms with Crippen LogP contribution >= 0.6 is 0 Å². The van der Waals surface area contributed by atoms with E-state index >= 15 is 0 Å². The lowest BCUT2D eigenvalue weighted by molar-refractivity contribution is -0.117. The summed E-state index contributed by atoms with van der Waals surface area (Å²) < 4.78 is 11.1. The van der Waals surface area contributed by atoms with Crippen LogP contribution in [-0.2, 0) is 4.79 Å². The van der Waals surface area contributed by atoms with Crippen molar-refractivity contribution in [1.29, 1.82) is 0 Å². The molecule has 1 fully saturated rings. The summed E-state index contributed by atoms with van der Waals surface area (Å²) in [6, 6.07) is 14.7. The second kappa shape index (κ2) is 7.11. The van der Waals surface area contributed by atoms with Crippen molar-refractivity contribution < 1.29 is 18.7 Å². The SMILES string of the molecule is COc1cccc2cc(/C=C/C(=O)c3cccc(N4CCCC4=O)c3)oc12. The van der Waals surface area contributed by atoms with Gasteiger partial charge in [0.2, 0.25) is 5.91 Å². The second-order valence-corrected chi connectivity index (χ2v) is 6.42. The molecule has 0 spiro atoms. The molecule has 0 atom stereocenters. The Morgan fingerprint density at radius 2 is 2.04 bits per heavy atom. The largest absolute Gasteiger partial charge is 0.493 e. The molecule has 27 heavy (non-hydrogen) atoms. The highest BCUT2D eigenvalue weighted by Crippen LogP contribution is 2.29. The van der Waals surface area contributed by atoms with Gasteiger partial charge in [0.15, 0.2) is 17.1 Å². The fraction of sp³-hybridized carbons (Fsp3) is 0.182. The summed E-state index contributed by atoms with van der Waals surface area (Å²) in [4.78, 5) is 26.2. The van der Waals surface area contributed by atoms with Gasteiger partial charge in [-0.05, 0) is 42.8 Å². The fourth-order valence-corrected chi connectivity index (χ4v) is 3.30. The summed E-state index contributed by atoms with van der Waals surface area (Å²) >= 11 is 0. The normalized spacial score (nSPS) is 14.4. The summed E-state index contributed by atoms with van der Waals surface area (Å²) in [6.07, 6.45) is 4.55. The van der Waals surface area contributed by atoms with Crippen LogP contribution in [-0.4, -0.2) is 25.3 Å². The van der Waals surface area contributed by atoms with Crippen LogP contribution in [0.2, 0.25) is 0 Å². The number of furan rings is 1. The van der Waals surface area contributed by atoms with E-state index in [1.807, 2.05) is 30.3 Å². The topological polar surface area (TPSA) is 59.8 Å². The van der Waals surface area contributed by atoms with E-state index in [-0.39, 0.29) is 11.7 Å². The van der Waals surface area contributed by atoms with Crippen LogP contribution in [0, 0.1) is 0 Å². The Kier molecular flexibility index (Phi) is 4.50. The first kappa shape index (κ1) is 17.1. The number of nitrogens with zero attached hydrogens (tertiary/aromatic N) is 1. The summed E-state index contributed by atoms with van der Waals surface area (Å²) in [5.41, 5.74) is 1.96. The third-order valence-corrected chi connectivity index (χ3v) is 4.66. The molecular formula is C22H19NO4. The van der Waals surface area contributed by atoms with Crippen molar-refractivity contribution in [3.63, 3.8) is 0 Å². The Hall–Kier alpha value is -3.34. The standard InChI is InChI=1S/C22H19NO4/c1-26-20-8-3-6-16-14-18(27-22(16)20)10-11-19(24)15-5-2-7-17(13-15)23-12-4-9-21(23)25/h2-3,5-8,10-11,13-14H,4,9,12H2,1H3/b11-10+. The van der Waals surface area contributed by atoms with Crippen LogP contribution in [0.3, 0.4) is 0 Å². The molecule has 0 radical (unpaired) electrons. The van der Waals surface area contributed by atoms with Gasteiger partial charge in [-0.25, -0.2) is 0 Å². The van der Waals surface area contributed by atoms with Crippen molar-refractivity contribution in [2.24, 2.45) is 0 Å². The quantitative estimate of drug-likeness (QED) is 0.497. The molecule has 0 unspecified atom stereocenters. The maximum atomic E-state index is 12.5. The minimum Gasteiger partial charge on any atom is -0.493 e. The molecule has 1 aliphatic rings. The van der Waals surface area contributed by atoms with Gasteiger partial charge in [0.05, 0.1) is 7.11 Å². The number of benzene rings is 2. The number of fused-ring (bicyclic) bond motifs is 1. The van der Waals surface area contributed by atoms with Gasteiger partial charge in [-0.2, -0.15) is 0 Å². The zero-order valence-corrected chi connectivity index (χ0v) is 15.0. The van der Waals surface area contributed by atoms with Crippen LogP contribution in [0.15, 0.2) is 59.0 Å². The maximum absolute atomic E-state index is 12.5. The third-order valence-electron chi connectivity index (χ3n) is 4.66. The van der Waals surface area contributed by atoms with Crippen molar-refractivity contribution in [2.75, 3.05) is 18.6 Å². The summed E-state index contributed by atoms with van der Waals surface area (Å²) in [7, 11) is 1.59. The fourth-order valence-electron chi connectivity index (χ4n) is 3.30. The molecule has 3 aromatic rings. The minimum atomic E-state index is -0.143. The smallest absolute Gasteiger partial charge is 0.227 e. The number of methoxy groups -OCH3 is 1. The van der Waals surface area contributed by atoms with Crippen molar-refractivity contribution in [2.45, 2.75) is 12.8 Å². The monoisotopic (exact) mass is 361 g/mol. The van der Waals surface area contributed by atoms with Gasteiger partial charge in [-0.3, -0.25) is 9.59 Å². The number of carbonyl (C=O) groups is 2. The van der Waals surface area contributed by atoms with E-state index in [0.717, 1.165) is 17.5 Å². The number of allylic oxidation sites excluding steroid dienone is 1. The van der Waals surface area contributed by atoms with Gasteiger partial charge in [0.25, 0.3) is 0 Å². The average molecular weight is 361 g/mol. The summed E-state index contributed by atoms with van der Waals surface area (Å²) in [5, 5.41) is 0.913. The molecule has 4 rings (SSSR count). The number of anilines is 1. The number of hydrogen-bond acceptors (Lipinski definition) is 4. The zero-order chi connectivity index (χ0) is 18.8. The lowest BCUT2D eigenvalue weighted by atomic mass is 10.1. The van der Waals surface area contributed by atoms with Gasteiger partial charge < -0.3 is 14.1 Å². The summed E-state index contributed by atoms with van der Waals surface area (Å²) in [6.45, 7) is 0.702. The maximum Gasteiger partial charge on any atom is 0.227 e. The molecule has 0 N–H and O–H groups in total. The van der Waals surface area contributed by atoms with Crippen LogP contribution in [0.1, 0.15) is 29.0 Å². The molecule has 2 aromatic carbocycles. The molecule has 5 heteroatoms. The lowest BCUT2D eigenvalue weighted by Crippen LogP contribution is -2.23. The number of rotatable bonds is 5. The van der Waals surface area contributed by atoms with Crippen LogP contribution in [0.5, 0.6) is 5.75 Å². The molecule has 1 amide bonds. The Morgan fingerprint density at radius 1 is 1.19 bits per heavy atom. The van der Waals surface area contributed by atoms with E-state index in [0.29, 0.717) is 35.6 Å². The Morgan fingerprint density at radius 3 is 2.81 bits per heavy atom. The Balaban J connectivity index is 1.56. The number of para-hydroxylation sites is 1. The van der Waals surface area contributed by atoms with Gasteiger partial charge in [0, 0.05) is 29.6 Å². The van der Waals surface area contributed by atoms with Crippen LogP contribution in [0.4, 0.5) is 5.69 Å². The molecule has 1 aromatic heterocycles. The molecule has 0 aliphatic carbocycles. The molecule has 0 saturated carbocycles. The zero-order valence-electron chi connectivity index (χ0n) is 15.0. The Labute approximate surface area is 156 Å². The molecule has 2 heterocycles.